The number of hydrogen-bond donors (Lipinski definition) is 2. The summed E-state index contributed by atoms with van der Waals surface area (Å²) in [6.45, 7) is 4.28. The molecule has 2 N–H and O–H groups in total. The number of benzene rings is 1. The van der Waals surface area contributed by atoms with Gasteiger partial charge in [-0.05, 0) is 37.2 Å². The first kappa shape index (κ1) is 15.6. The molecule has 1 aromatic carbocycles. The Morgan fingerprint density at radius 2 is 1.79 bits per heavy atom. The molecule has 4 nitrogen and oxygen atoms in total. The number of nitrogens with one attached hydrogen (secondary N) is 2. The molecule has 0 amide bonds. The normalized spacial score (nSPS) is 10.2. The average molecular weight is 282 g/mol. The van der Waals surface area contributed by atoms with Gasteiger partial charge in [-0.15, -0.1) is 0 Å². The molecule has 0 heterocycles. The van der Waals surface area contributed by atoms with Crippen LogP contribution in [0.4, 0.5) is 5.69 Å². The van der Waals surface area contributed by atoms with Crippen LogP contribution in [0.15, 0.2) is 18.2 Å². The van der Waals surface area contributed by atoms with Crippen molar-refractivity contribution in [3.05, 3.63) is 18.2 Å². The third kappa shape index (κ3) is 4.59. The molecule has 0 bridgehead atoms. The Balaban J connectivity index is 2.69. The summed E-state index contributed by atoms with van der Waals surface area (Å²) < 4.78 is 10.4. The molecule has 0 aromatic heterocycles. The maximum absolute atomic E-state index is 5.29. The van der Waals surface area contributed by atoms with Crippen molar-refractivity contribution in [3.63, 3.8) is 0 Å². The van der Waals surface area contributed by atoms with Crippen LogP contribution in [0.5, 0.6) is 11.5 Å². The monoisotopic (exact) mass is 282 g/mol. The number of hydrogen-bond acceptors (Lipinski definition) is 3. The minimum Gasteiger partial charge on any atom is -0.493 e. The number of methoxy groups -OCH3 is 2. The molecule has 0 fully saturated rings. The summed E-state index contributed by atoms with van der Waals surface area (Å²) in [5.74, 6) is 1.38. The Morgan fingerprint density at radius 3 is 2.32 bits per heavy atom. The lowest BCUT2D eigenvalue weighted by molar-refractivity contribution is 0.355. The number of anilines is 1. The van der Waals surface area contributed by atoms with Crippen LogP contribution in [-0.2, 0) is 0 Å². The minimum absolute atomic E-state index is 0.403. The van der Waals surface area contributed by atoms with Crippen molar-refractivity contribution in [1.29, 1.82) is 0 Å². The summed E-state index contributed by atoms with van der Waals surface area (Å²) in [6, 6.07) is 6.02. The van der Waals surface area contributed by atoms with Gasteiger partial charge in [0, 0.05) is 17.8 Å². The molecule has 1 aromatic rings. The van der Waals surface area contributed by atoms with Crippen LogP contribution in [-0.4, -0.2) is 25.4 Å². The number of ether oxygens (including phenoxy) is 2. The van der Waals surface area contributed by atoms with Crippen molar-refractivity contribution < 1.29 is 9.47 Å². The fourth-order valence-corrected chi connectivity index (χ4v) is 2.04. The topological polar surface area (TPSA) is 42.5 Å². The molecule has 106 valence electrons. The van der Waals surface area contributed by atoms with E-state index in [2.05, 4.69) is 24.5 Å². The summed E-state index contributed by atoms with van der Waals surface area (Å²) in [6.07, 6.45) is 2.09. The van der Waals surface area contributed by atoms with Gasteiger partial charge in [0.1, 0.15) is 0 Å². The summed E-state index contributed by atoms with van der Waals surface area (Å²) >= 11 is 5.29. The lowest BCUT2D eigenvalue weighted by Gasteiger charge is -2.18. The van der Waals surface area contributed by atoms with Gasteiger partial charge in [-0.3, -0.25) is 0 Å². The lowest BCUT2D eigenvalue weighted by atomic mass is 10.2. The standard InChI is InChI=1S/C14H22N2O2S/c1-5-10(6-2)15-14(19)16-11-7-8-12(17-3)13(9-11)18-4/h7-10H,5-6H2,1-4H3,(H2,15,16,19). The Bertz CT molecular complexity index is 420. The molecule has 0 aliphatic rings. The number of thiocarbonyl (C=S) groups is 1. The van der Waals surface area contributed by atoms with Gasteiger partial charge in [0.15, 0.2) is 16.6 Å². The van der Waals surface area contributed by atoms with Gasteiger partial charge in [-0.25, -0.2) is 0 Å². The second-order valence-electron chi connectivity index (χ2n) is 4.18. The minimum atomic E-state index is 0.403. The van der Waals surface area contributed by atoms with Crippen LogP contribution in [0.2, 0.25) is 0 Å². The third-order valence-electron chi connectivity index (χ3n) is 2.96. The fourth-order valence-electron chi connectivity index (χ4n) is 1.76. The van der Waals surface area contributed by atoms with Crippen molar-refractivity contribution in [3.8, 4) is 11.5 Å². The molecular weight excluding hydrogens is 260 g/mol. The van der Waals surface area contributed by atoms with Gasteiger partial charge in [-0.1, -0.05) is 13.8 Å². The summed E-state index contributed by atoms with van der Waals surface area (Å²) in [7, 11) is 3.23. The van der Waals surface area contributed by atoms with E-state index < -0.39 is 0 Å². The molecule has 0 spiro atoms. The summed E-state index contributed by atoms with van der Waals surface area (Å²) in [5, 5.41) is 7.06. The second-order valence-corrected chi connectivity index (χ2v) is 4.59. The maximum Gasteiger partial charge on any atom is 0.170 e. The van der Waals surface area contributed by atoms with Crippen LogP contribution >= 0.6 is 12.2 Å². The zero-order valence-corrected chi connectivity index (χ0v) is 12.8. The van der Waals surface area contributed by atoms with Crippen molar-refractivity contribution in [2.75, 3.05) is 19.5 Å². The van der Waals surface area contributed by atoms with E-state index in [0.717, 1.165) is 18.5 Å². The maximum atomic E-state index is 5.29. The van der Waals surface area contributed by atoms with E-state index in [-0.39, 0.29) is 0 Å². The van der Waals surface area contributed by atoms with Crippen LogP contribution in [0.3, 0.4) is 0 Å². The third-order valence-corrected chi connectivity index (χ3v) is 3.18. The molecule has 5 heteroatoms. The molecule has 0 aliphatic carbocycles. The van der Waals surface area contributed by atoms with E-state index in [1.807, 2.05) is 18.2 Å². The first-order chi connectivity index (χ1) is 9.14. The Labute approximate surface area is 120 Å². The smallest absolute Gasteiger partial charge is 0.170 e. The van der Waals surface area contributed by atoms with E-state index >= 15 is 0 Å². The fraction of sp³-hybridized carbons (Fsp3) is 0.500. The van der Waals surface area contributed by atoms with Crippen LogP contribution in [0.1, 0.15) is 26.7 Å². The highest BCUT2D eigenvalue weighted by molar-refractivity contribution is 7.80. The average Bonchev–Trinajstić information content (AvgIpc) is 2.44. The quantitative estimate of drug-likeness (QED) is 0.784. The van der Waals surface area contributed by atoms with E-state index in [4.69, 9.17) is 21.7 Å². The van der Waals surface area contributed by atoms with E-state index in [1.54, 1.807) is 14.2 Å². The van der Waals surface area contributed by atoms with E-state index in [1.165, 1.54) is 0 Å². The molecule has 19 heavy (non-hydrogen) atoms. The van der Waals surface area contributed by atoms with Gasteiger partial charge >= 0.3 is 0 Å². The predicted molar refractivity (Wildman–Crippen MR) is 83.3 cm³/mol. The lowest BCUT2D eigenvalue weighted by Crippen LogP contribution is -2.36. The van der Waals surface area contributed by atoms with Crippen molar-refractivity contribution >= 4 is 23.0 Å². The van der Waals surface area contributed by atoms with E-state index in [9.17, 15) is 0 Å². The molecule has 0 saturated carbocycles. The van der Waals surface area contributed by atoms with Gasteiger partial charge < -0.3 is 20.1 Å². The molecule has 0 radical (unpaired) electrons. The Hall–Kier alpha value is -1.49. The summed E-state index contributed by atoms with van der Waals surface area (Å²) in [5.41, 5.74) is 0.876. The van der Waals surface area contributed by atoms with Crippen molar-refractivity contribution in [2.24, 2.45) is 0 Å². The van der Waals surface area contributed by atoms with Crippen LogP contribution < -0.4 is 20.1 Å². The van der Waals surface area contributed by atoms with Gasteiger partial charge in [0.25, 0.3) is 0 Å². The van der Waals surface area contributed by atoms with Gasteiger partial charge in [-0.2, -0.15) is 0 Å². The zero-order chi connectivity index (χ0) is 14.3. The molecule has 1 rings (SSSR count). The first-order valence-electron chi connectivity index (χ1n) is 6.44. The Morgan fingerprint density at radius 1 is 1.16 bits per heavy atom. The molecule has 0 aliphatic heterocycles. The SMILES string of the molecule is CCC(CC)NC(=S)Nc1ccc(OC)c(OC)c1. The molecule has 0 atom stereocenters. The molecule has 0 saturated heterocycles. The van der Waals surface area contributed by atoms with Gasteiger partial charge in [0.2, 0.25) is 0 Å². The van der Waals surface area contributed by atoms with Crippen molar-refractivity contribution in [1.82, 2.24) is 5.32 Å². The molecule has 0 unspecified atom stereocenters. The number of rotatable bonds is 6. The second kappa shape index (κ2) is 7.84. The highest BCUT2D eigenvalue weighted by Crippen LogP contribution is 2.29. The molecular formula is C14H22N2O2S. The van der Waals surface area contributed by atoms with Crippen molar-refractivity contribution in [2.45, 2.75) is 32.7 Å². The van der Waals surface area contributed by atoms with Crippen LogP contribution in [0.25, 0.3) is 0 Å². The largest absolute Gasteiger partial charge is 0.493 e. The van der Waals surface area contributed by atoms with Crippen LogP contribution in [0, 0.1) is 0 Å². The highest BCUT2D eigenvalue weighted by atomic mass is 32.1. The predicted octanol–water partition coefficient (Wildman–Crippen LogP) is 3.18. The summed E-state index contributed by atoms with van der Waals surface area (Å²) in [4.78, 5) is 0. The van der Waals surface area contributed by atoms with Gasteiger partial charge in [0.05, 0.1) is 14.2 Å². The van der Waals surface area contributed by atoms with E-state index in [0.29, 0.717) is 22.7 Å². The highest BCUT2D eigenvalue weighted by Gasteiger charge is 2.08. The first-order valence-corrected chi connectivity index (χ1v) is 6.84. The Kier molecular flexibility index (Phi) is 6.42. The zero-order valence-electron chi connectivity index (χ0n) is 11.9.